The van der Waals surface area contributed by atoms with Crippen LogP contribution in [-0.4, -0.2) is 53.7 Å². The topological polar surface area (TPSA) is 64.0 Å². The average Bonchev–Trinajstić information content (AvgIpc) is 2.66. The molecule has 5 nitrogen and oxygen atoms in total. The highest BCUT2D eigenvalue weighted by atomic mass is 16.3. The highest BCUT2D eigenvalue weighted by Gasteiger charge is 2.20. The predicted molar refractivity (Wildman–Crippen MR) is 119 cm³/mol. The van der Waals surface area contributed by atoms with E-state index < -0.39 is 0 Å². The van der Waals surface area contributed by atoms with Gasteiger partial charge in [-0.3, -0.25) is 0 Å². The van der Waals surface area contributed by atoms with Gasteiger partial charge in [-0.05, 0) is 48.9 Å². The molecule has 0 radical (unpaired) electrons. The Hall–Kier alpha value is -2.69. The lowest BCUT2D eigenvalue weighted by Crippen LogP contribution is -2.37. The summed E-state index contributed by atoms with van der Waals surface area (Å²) >= 11 is 0. The summed E-state index contributed by atoms with van der Waals surface area (Å²) in [6.07, 6.45) is 4.53. The van der Waals surface area contributed by atoms with E-state index in [9.17, 15) is 15.0 Å². The van der Waals surface area contributed by atoms with Crippen molar-refractivity contribution in [3.63, 3.8) is 0 Å². The van der Waals surface area contributed by atoms with E-state index in [1.165, 1.54) is 4.90 Å². The number of unbranched alkanes of at least 4 members (excludes halogenated alkanes) is 2. The molecular formula is C24H34N2O3. The molecule has 0 spiro atoms. The highest BCUT2D eigenvalue weighted by Crippen LogP contribution is 2.42. The molecule has 0 fully saturated rings. The third-order valence-corrected chi connectivity index (χ3v) is 5.24. The van der Waals surface area contributed by atoms with Crippen molar-refractivity contribution in [1.82, 2.24) is 9.80 Å². The van der Waals surface area contributed by atoms with Crippen LogP contribution in [0.3, 0.4) is 0 Å². The van der Waals surface area contributed by atoms with Crippen LogP contribution in [0.5, 0.6) is 11.5 Å². The number of hydrogen-bond acceptors (Lipinski definition) is 3. The first kappa shape index (κ1) is 22.6. The number of hydrogen-bond donors (Lipinski definition) is 2. The quantitative estimate of drug-likeness (QED) is 0.618. The molecule has 29 heavy (non-hydrogen) atoms. The maximum atomic E-state index is 12.2. The van der Waals surface area contributed by atoms with Gasteiger partial charge in [-0.2, -0.15) is 0 Å². The van der Waals surface area contributed by atoms with Crippen molar-refractivity contribution < 1.29 is 15.0 Å². The first-order chi connectivity index (χ1) is 13.8. The number of aryl methyl sites for hydroxylation is 2. The van der Waals surface area contributed by atoms with Crippen LogP contribution in [0.1, 0.15) is 42.9 Å². The van der Waals surface area contributed by atoms with Crippen molar-refractivity contribution in [2.75, 3.05) is 27.7 Å². The van der Waals surface area contributed by atoms with Gasteiger partial charge in [0.15, 0.2) is 0 Å². The van der Waals surface area contributed by atoms with Crippen molar-refractivity contribution in [3.8, 4) is 22.6 Å². The fourth-order valence-corrected chi connectivity index (χ4v) is 3.62. The van der Waals surface area contributed by atoms with Gasteiger partial charge < -0.3 is 20.0 Å². The summed E-state index contributed by atoms with van der Waals surface area (Å²) in [5, 5.41) is 21.8. The minimum absolute atomic E-state index is 0.0743. The number of rotatable bonds is 8. The molecule has 2 N–H and O–H groups in total. The Kier molecular flexibility index (Phi) is 7.94. The van der Waals surface area contributed by atoms with E-state index in [1.54, 1.807) is 32.1 Å². The largest absolute Gasteiger partial charge is 0.507 e. The van der Waals surface area contributed by atoms with Gasteiger partial charge in [0, 0.05) is 27.7 Å². The average molecular weight is 399 g/mol. The molecule has 0 unspecified atom stereocenters. The Balaban J connectivity index is 2.43. The standard InChI is InChI=1S/C24H34N2O3/c1-6-7-8-11-18-16-21(27)22(19-12-9-10-17(2)15-19)23(28)20(18)13-14-26(5)24(29)25(3)4/h9-10,12,15-16,27-28H,6-8,11,13-14H2,1-5H3. The minimum Gasteiger partial charge on any atom is -0.507 e. The lowest BCUT2D eigenvalue weighted by Gasteiger charge is -2.23. The summed E-state index contributed by atoms with van der Waals surface area (Å²) in [6.45, 7) is 4.63. The molecule has 0 saturated carbocycles. The molecule has 2 aromatic carbocycles. The molecule has 0 saturated heterocycles. The van der Waals surface area contributed by atoms with Crippen LogP contribution in [0.15, 0.2) is 30.3 Å². The zero-order valence-corrected chi connectivity index (χ0v) is 18.3. The number of carbonyl (C=O) groups excluding carboxylic acids is 1. The number of nitrogens with zero attached hydrogens (tertiary/aromatic N) is 2. The number of amides is 2. The number of benzene rings is 2. The van der Waals surface area contributed by atoms with E-state index >= 15 is 0 Å². The molecule has 0 heterocycles. The summed E-state index contributed by atoms with van der Waals surface area (Å²) in [4.78, 5) is 15.4. The van der Waals surface area contributed by atoms with Gasteiger partial charge in [-0.1, -0.05) is 49.6 Å². The summed E-state index contributed by atoms with van der Waals surface area (Å²) in [5.41, 5.74) is 4.08. The van der Waals surface area contributed by atoms with Gasteiger partial charge in [0.05, 0.1) is 5.56 Å². The molecule has 0 aliphatic rings. The van der Waals surface area contributed by atoms with Gasteiger partial charge >= 0.3 is 6.03 Å². The number of urea groups is 1. The van der Waals surface area contributed by atoms with Gasteiger partial charge in [-0.25, -0.2) is 4.79 Å². The summed E-state index contributed by atoms with van der Waals surface area (Å²) in [5.74, 6) is 0.217. The molecule has 2 amide bonds. The molecule has 158 valence electrons. The van der Waals surface area contributed by atoms with Crippen LogP contribution >= 0.6 is 0 Å². The van der Waals surface area contributed by atoms with Crippen molar-refractivity contribution in [1.29, 1.82) is 0 Å². The van der Waals surface area contributed by atoms with Crippen LogP contribution in [0.25, 0.3) is 11.1 Å². The molecule has 0 aliphatic carbocycles. The fourth-order valence-electron chi connectivity index (χ4n) is 3.62. The van der Waals surface area contributed by atoms with Crippen molar-refractivity contribution in [2.45, 2.75) is 46.0 Å². The smallest absolute Gasteiger partial charge is 0.319 e. The van der Waals surface area contributed by atoms with E-state index in [0.717, 1.165) is 47.9 Å². The van der Waals surface area contributed by atoms with Gasteiger partial charge in [0.2, 0.25) is 0 Å². The van der Waals surface area contributed by atoms with Gasteiger partial charge in [-0.15, -0.1) is 0 Å². The third-order valence-electron chi connectivity index (χ3n) is 5.24. The second-order valence-corrected chi connectivity index (χ2v) is 7.93. The number of likely N-dealkylation sites (N-methyl/N-ethyl adjacent to an activating group) is 1. The van der Waals surface area contributed by atoms with Crippen molar-refractivity contribution in [2.24, 2.45) is 0 Å². The Bertz CT molecular complexity index is 846. The van der Waals surface area contributed by atoms with E-state index in [2.05, 4.69) is 6.92 Å². The van der Waals surface area contributed by atoms with E-state index in [-0.39, 0.29) is 17.5 Å². The van der Waals surface area contributed by atoms with Crippen LogP contribution < -0.4 is 0 Å². The van der Waals surface area contributed by atoms with Crippen LogP contribution in [-0.2, 0) is 12.8 Å². The lowest BCUT2D eigenvalue weighted by atomic mass is 9.91. The normalized spacial score (nSPS) is 10.8. The maximum Gasteiger partial charge on any atom is 0.319 e. The number of phenols is 2. The highest BCUT2D eigenvalue weighted by molar-refractivity contribution is 5.79. The molecule has 0 bridgehead atoms. The number of carbonyl (C=O) groups is 1. The first-order valence-corrected chi connectivity index (χ1v) is 10.3. The Morgan fingerprint density at radius 1 is 1.03 bits per heavy atom. The van der Waals surface area contributed by atoms with Crippen molar-refractivity contribution >= 4 is 6.03 Å². The third kappa shape index (κ3) is 5.66. The molecule has 2 rings (SSSR count). The minimum atomic E-state index is -0.0743. The van der Waals surface area contributed by atoms with Crippen LogP contribution in [0.4, 0.5) is 4.79 Å². The Morgan fingerprint density at radius 2 is 1.76 bits per heavy atom. The summed E-state index contributed by atoms with van der Waals surface area (Å²) in [7, 11) is 5.21. The molecule has 2 aromatic rings. The van der Waals surface area contributed by atoms with Crippen LogP contribution in [0.2, 0.25) is 0 Å². The summed E-state index contributed by atoms with van der Waals surface area (Å²) < 4.78 is 0. The molecular weight excluding hydrogens is 364 g/mol. The van der Waals surface area contributed by atoms with Crippen LogP contribution in [0, 0.1) is 6.92 Å². The van der Waals surface area contributed by atoms with Gasteiger partial charge in [0.1, 0.15) is 11.5 Å². The SMILES string of the molecule is CCCCCc1cc(O)c(-c2cccc(C)c2)c(O)c1CCN(C)C(=O)N(C)C. The number of aromatic hydroxyl groups is 2. The molecule has 0 atom stereocenters. The maximum absolute atomic E-state index is 12.2. The molecule has 0 aliphatic heterocycles. The van der Waals surface area contributed by atoms with E-state index in [1.807, 2.05) is 31.2 Å². The summed E-state index contributed by atoms with van der Waals surface area (Å²) in [6, 6.07) is 9.47. The second kappa shape index (κ2) is 10.2. The Labute approximate surface area is 174 Å². The first-order valence-electron chi connectivity index (χ1n) is 10.3. The predicted octanol–water partition coefficient (Wildman–Crippen LogP) is 4.96. The van der Waals surface area contributed by atoms with Crippen molar-refractivity contribution in [3.05, 3.63) is 47.0 Å². The molecule has 0 aromatic heterocycles. The fraction of sp³-hybridized carbons (Fsp3) is 0.458. The van der Waals surface area contributed by atoms with E-state index in [0.29, 0.717) is 18.5 Å². The number of phenolic OH excluding ortho intramolecular Hbond substituents is 2. The Morgan fingerprint density at radius 3 is 2.38 bits per heavy atom. The zero-order chi connectivity index (χ0) is 21.6. The van der Waals surface area contributed by atoms with E-state index in [4.69, 9.17) is 0 Å². The second-order valence-electron chi connectivity index (χ2n) is 7.93. The zero-order valence-electron chi connectivity index (χ0n) is 18.3. The van der Waals surface area contributed by atoms with Gasteiger partial charge in [0.25, 0.3) is 0 Å². The lowest BCUT2D eigenvalue weighted by molar-refractivity contribution is 0.182. The molecule has 5 heteroatoms. The monoisotopic (exact) mass is 398 g/mol.